The minimum atomic E-state index is -1.95. The summed E-state index contributed by atoms with van der Waals surface area (Å²) in [5.74, 6) is -1.95. The number of hydrogen-bond donors (Lipinski definition) is 2. The van der Waals surface area contributed by atoms with Gasteiger partial charge in [0, 0.05) is 5.41 Å². The average Bonchev–Trinajstić information content (AvgIpc) is 2.38. The Morgan fingerprint density at radius 3 is 2.44 bits per heavy atom. The third-order valence-electron chi connectivity index (χ3n) is 4.29. The molecular formula is C15H30O3. The molecule has 0 saturated carbocycles. The number of hydrogen-bond acceptors (Lipinski definition) is 3. The highest BCUT2D eigenvalue weighted by atomic mass is 16.8. The third-order valence-corrected chi connectivity index (χ3v) is 4.29. The molecule has 0 aliphatic carbocycles. The van der Waals surface area contributed by atoms with Crippen LogP contribution in [0, 0.1) is 5.41 Å². The van der Waals surface area contributed by atoms with E-state index in [-0.39, 0.29) is 0 Å². The van der Waals surface area contributed by atoms with Gasteiger partial charge in [-0.25, -0.2) is 0 Å². The van der Waals surface area contributed by atoms with Crippen molar-refractivity contribution >= 4 is 0 Å². The van der Waals surface area contributed by atoms with Gasteiger partial charge >= 0.3 is 0 Å². The highest BCUT2D eigenvalue weighted by Crippen LogP contribution is 2.41. The second-order valence-corrected chi connectivity index (χ2v) is 5.99. The highest BCUT2D eigenvalue weighted by molar-refractivity contribution is 4.83. The van der Waals surface area contributed by atoms with Crippen molar-refractivity contribution in [2.24, 2.45) is 5.41 Å². The largest absolute Gasteiger partial charge is 0.343 e. The van der Waals surface area contributed by atoms with Crippen molar-refractivity contribution in [2.45, 2.75) is 84.0 Å². The Morgan fingerprint density at radius 1 is 1.00 bits per heavy atom. The molecule has 0 aromatic heterocycles. The Kier molecular flexibility index (Phi) is 6.61. The van der Waals surface area contributed by atoms with Crippen LogP contribution in [0.25, 0.3) is 0 Å². The van der Waals surface area contributed by atoms with Crippen molar-refractivity contribution in [3.8, 4) is 0 Å². The van der Waals surface area contributed by atoms with E-state index in [2.05, 4.69) is 6.92 Å². The summed E-state index contributed by atoms with van der Waals surface area (Å²) >= 11 is 0. The summed E-state index contributed by atoms with van der Waals surface area (Å²) < 4.78 is 5.33. The van der Waals surface area contributed by atoms with Gasteiger partial charge in [-0.15, -0.1) is 0 Å². The molecule has 0 aromatic rings. The fraction of sp³-hybridized carbons (Fsp3) is 1.00. The molecule has 0 bridgehead atoms. The van der Waals surface area contributed by atoms with Crippen LogP contribution >= 0.6 is 0 Å². The summed E-state index contributed by atoms with van der Waals surface area (Å²) in [5, 5.41) is 20.4. The molecule has 2 N–H and O–H groups in total. The van der Waals surface area contributed by atoms with Gasteiger partial charge < -0.3 is 14.9 Å². The minimum Gasteiger partial charge on any atom is -0.343 e. The van der Waals surface area contributed by atoms with Crippen molar-refractivity contribution in [1.82, 2.24) is 0 Å². The van der Waals surface area contributed by atoms with Crippen LogP contribution < -0.4 is 0 Å². The highest BCUT2D eigenvalue weighted by Gasteiger charge is 2.46. The van der Waals surface area contributed by atoms with Crippen LogP contribution in [-0.2, 0) is 4.74 Å². The Morgan fingerprint density at radius 2 is 1.72 bits per heavy atom. The topological polar surface area (TPSA) is 49.7 Å². The lowest BCUT2D eigenvalue weighted by molar-refractivity contribution is -0.394. The van der Waals surface area contributed by atoms with Crippen LogP contribution in [0.15, 0.2) is 0 Å². The zero-order valence-corrected chi connectivity index (χ0v) is 12.1. The normalized spacial score (nSPS) is 29.3. The summed E-state index contributed by atoms with van der Waals surface area (Å²) in [5.41, 5.74) is -0.523. The van der Waals surface area contributed by atoms with Gasteiger partial charge in [-0.3, -0.25) is 0 Å². The molecule has 18 heavy (non-hydrogen) atoms. The summed E-state index contributed by atoms with van der Waals surface area (Å²) in [4.78, 5) is 0. The van der Waals surface area contributed by atoms with Gasteiger partial charge in [0.05, 0.1) is 6.61 Å². The number of aliphatic hydroxyl groups is 2. The smallest absolute Gasteiger partial charge is 0.283 e. The fourth-order valence-corrected chi connectivity index (χ4v) is 2.75. The molecule has 0 radical (unpaired) electrons. The van der Waals surface area contributed by atoms with Crippen LogP contribution in [0.5, 0.6) is 0 Å². The van der Waals surface area contributed by atoms with E-state index >= 15 is 0 Å². The molecule has 1 fully saturated rings. The lowest BCUT2D eigenvalue weighted by Gasteiger charge is -2.40. The molecule has 0 aromatic carbocycles. The first-order valence-electron chi connectivity index (χ1n) is 7.60. The van der Waals surface area contributed by atoms with Crippen LogP contribution in [-0.4, -0.2) is 22.8 Å². The average molecular weight is 258 g/mol. The standard InChI is InChI=1S/C15H30O3/c1-3-4-5-8-11-14(2)12-9-6-7-10-13-18-15(14,16)17/h16-17H,3-13H2,1-2H3. The van der Waals surface area contributed by atoms with Gasteiger partial charge in [0.15, 0.2) is 0 Å². The monoisotopic (exact) mass is 258 g/mol. The summed E-state index contributed by atoms with van der Waals surface area (Å²) in [7, 11) is 0. The zero-order valence-electron chi connectivity index (χ0n) is 12.1. The van der Waals surface area contributed by atoms with Crippen molar-refractivity contribution in [3.63, 3.8) is 0 Å². The summed E-state index contributed by atoms with van der Waals surface area (Å²) in [6.45, 7) is 4.61. The minimum absolute atomic E-state index is 0.456. The molecular weight excluding hydrogens is 228 g/mol. The van der Waals surface area contributed by atoms with E-state index in [1.807, 2.05) is 6.92 Å². The van der Waals surface area contributed by atoms with E-state index in [4.69, 9.17) is 4.74 Å². The van der Waals surface area contributed by atoms with Crippen molar-refractivity contribution < 1.29 is 14.9 Å². The molecule has 1 saturated heterocycles. The summed E-state index contributed by atoms with van der Waals surface area (Å²) in [6, 6.07) is 0. The molecule has 1 aliphatic rings. The van der Waals surface area contributed by atoms with E-state index < -0.39 is 11.4 Å². The molecule has 1 heterocycles. The van der Waals surface area contributed by atoms with Gasteiger partial charge in [-0.1, -0.05) is 58.8 Å². The number of rotatable bonds is 5. The number of unbranched alkanes of at least 4 members (excludes halogenated alkanes) is 3. The van der Waals surface area contributed by atoms with Crippen LogP contribution in [0.2, 0.25) is 0 Å². The van der Waals surface area contributed by atoms with Crippen molar-refractivity contribution in [3.05, 3.63) is 0 Å². The summed E-state index contributed by atoms with van der Waals surface area (Å²) in [6.07, 6.45) is 10.6. The SMILES string of the molecule is CCCCCCC1(C)CCCCCCOC1(O)O. The predicted octanol–water partition coefficient (Wildman–Crippen LogP) is 3.58. The van der Waals surface area contributed by atoms with Gasteiger partial charge in [-0.05, 0) is 19.3 Å². The first-order chi connectivity index (χ1) is 8.52. The molecule has 1 atom stereocenters. The maximum Gasteiger partial charge on any atom is 0.283 e. The Bertz CT molecular complexity index is 228. The van der Waals surface area contributed by atoms with Crippen LogP contribution in [0.4, 0.5) is 0 Å². The first-order valence-corrected chi connectivity index (χ1v) is 7.60. The van der Waals surface area contributed by atoms with Crippen molar-refractivity contribution in [1.29, 1.82) is 0 Å². The Hall–Kier alpha value is -0.120. The number of ether oxygens (including phenoxy) is 1. The lowest BCUT2D eigenvalue weighted by atomic mass is 9.77. The van der Waals surface area contributed by atoms with Gasteiger partial charge in [-0.2, -0.15) is 0 Å². The molecule has 3 nitrogen and oxygen atoms in total. The van der Waals surface area contributed by atoms with Gasteiger partial charge in [0.2, 0.25) is 0 Å². The first kappa shape index (κ1) is 15.9. The van der Waals surface area contributed by atoms with Gasteiger partial charge in [0.25, 0.3) is 5.97 Å². The zero-order chi connectivity index (χ0) is 13.5. The maximum absolute atomic E-state index is 10.2. The molecule has 0 amide bonds. The van der Waals surface area contributed by atoms with Gasteiger partial charge in [0.1, 0.15) is 0 Å². The third kappa shape index (κ3) is 4.52. The molecule has 3 heteroatoms. The quantitative estimate of drug-likeness (QED) is 0.585. The van der Waals surface area contributed by atoms with E-state index in [0.29, 0.717) is 6.61 Å². The fourth-order valence-electron chi connectivity index (χ4n) is 2.75. The molecule has 1 unspecified atom stereocenters. The second-order valence-electron chi connectivity index (χ2n) is 5.99. The molecule has 1 rings (SSSR count). The van der Waals surface area contributed by atoms with E-state index in [9.17, 15) is 10.2 Å². The molecule has 1 aliphatic heterocycles. The van der Waals surface area contributed by atoms with Crippen LogP contribution in [0.1, 0.15) is 78.1 Å². The Labute approximate surface area is 112 Å². The Balaban J connectivity index is 2.57. The lowest BCUT2D eigenvalue weighted by Crippen LogP contribution is -2.49. The van der Waals surface area contributed by atoms with E-state index in [1.165, 1.54) is 25.7 Å². The maximum atomic E-state index is 10.2. The van der Waals surface area contributed by atoms with Crippen LogP contribution in [0.3, 0.4) is 0 Å². The van der Waals surface area contributed by atoms with Crippen molar-refractivity contribution in [2.75, 3.05) is 6.61 Å². The second kappa shape index (κ2) is 7.46. The molecule has 0 spiro atoms. The predicted molar refractivity (Wildman–Crippen MR) is 73.1 cm³/mol. The van der Waals surface area contributed by atoms with E-state index in [0.717, 1.165) is 38.5 Å². The van der Waals surface area contributed by atoms with E-state index in [1.54, 1.807) is 0 Å². The molecule has 108 valence electrons.